The number of carbonyl (C=O) groups excluding carboxylic acids is 2. The van der Waals surface area contributed by atoms with Crippen molar-refractivity contribution in [3.8, 4) is 0 Å². The summed E-state index contributed by atoms with van der Waals surface area (Å²) in [6, 6.07) is 1.99. The minimum atomic E-state index is -0.944. The summed E-state index contributed by atoms with van der Waals surface area (Å²) < 4.78 is 0. The first-order valence-electron chi connectivity index (χ1n) is 13.5. The number of carbonyl (C=O) groups is 3. The van der Waals surface area contributed by atoms with Crippen molar-refractivity contribution in [1.29, 1.82) is 0 Å². The van der Waals surface area contributed by atoms with E-state index < -0.39 is 5.97 Å². The lowest BCUT2D eigenvalue weighted by molar-refractivity contribution is -0.124. The van der Waals surface area contributed by atoms with E-state index in [9.17, 15) is 19.5 Å². The lowest BCUT2D eigenvalue weighted by Crippen LogP contribution is -2.48. The number of nitrogens with zero attached hydrogens (tertiary/aromatic N) is 1. The summed E-state index contributed by atoms with van der Waals surface area (Å²) in [4.78, 5) is 41.6. The molecule has 3 aliphatic carbocycles. The van der Waals surface area contributed by atoms with Crippen LogP contribution in [-0.4, -0.2) is 35.5 Å². The van der Waals surface area contributed by atoms with Gasteiger partial charge in [-0.3, -0.25) is 9.59 Å². The maximum Gasteiger partial charge on any atom is 0.348 e. The molecule has 1 spiro atoms. The second-order valence-corrected chi connectivity index (χ2v) is 12.5. The minimum Gasteiger partial charge on any atom is -0.477 e. The van der Waals surface area contributed by atoms with Gasteiger partial charge in [0, 0.05) is 29.8 Å². The number of amides is 2. The molecule has 1 aromatic heterocycles. The lowest BCUT2D eigenvalue weighted by atomic mass is 9.71. The molecule has 0 aromatic carbocycles. The van der Waals surface area contributed by atoms with Crippen molar-refractivity contribution >= 4 is 40.4 Å². The smallest absolute Gasteiger partial charge is 0.348 e. The highest BCUT2D eigenvalue weighted by Crippen LogP contribution is 2.46. The second kappa shape index (κ2) is 10.1. The molecule has 1 aliphatic heterocycles. The summed E-state index contributed by atoms with van der Waals surface area (Å²) in [7, 11) is 0. The van der Waals surface area contributed by atoms with Crippen molar-refractivity contribution < 1.29 is 19.5 Å². The largest absolute Gasteiger partial charge is 0.477 e. The Bertz CT molecular complexity index is 1010. The molecule has 0 bridgehead atoms. The van der Waals surface area contributed by atoms with Crippen molar-refractivity contribution in [2.24, 2.45) is 17.3 Å². The van der Waals surface area contributed by atoms with Crippen LogP contribution in [0.1, 0.15) is 105 Å². The quantitative estimate of drug-likeness (QED) is 0.520. The molecule has 2 heterocycles. The Kier molecular flexibility index (Phi) is 7.06. The van der Waals surface area contributed by atoms with Crippen LogP contribution in [0, 0.1) is 17.3 Å². The maximum atomic E-state index is 14.1. The number of aromatic carboxylic acids is 1. The minimum absolute atomic E-state index is 0.00488. The Labute approximate surface area is 212 Å². The summed E-state index contributed by atoms with van der Waals surface area (Å²) in [5, 5.41) is 13.2. The number of hydrogen-bond donors (Lipinski definition) is 2. The molecular formula is C28H38N2O4S. The first kappa shape index (κ1) is 24.5. The number of hydrogen-bond acceptors (Lipinski definition) is 4. The van der Waals surface area contributed by atoms with Crippen LogP contribution in [0.3, 0.4) is 0 Å². The van der Waals surface area contributed by atoms with Crippen molar-refractivity contribution in [2.45, 2.75) is 96.4 Å². The third-order valence-corrected chi connectivity index (χ3v) is 10.1. The number of allylic oxidation sites excluding steroid dienone is 2. The van der Waals surface area contributed by atoms with Gasteiger partial charge in [-0.15, -0.1) is 11.3 Å². The van der Waals surface area contributed by atoms with Gasteiger partial charge < -0.3 is 15.3 Å². The monoisotopic (exact) mass is 498 g/mol. The number of carboxylic acids is 1. The number of rotatable bonds is 5. The Morgan fingerprint density at radius 2 is 1.86 bits per heavy atom. The van der Waals surface area contributed by atoms with E-state index in [0.29, 0.717) is 22.9 Å². The lowest BCUT2D eigenvalue weighted by Gasteiger charge is -2.42. The molecule has 6 nitrogen and oxygen atoms in total. The summed E-state index contributed by atoms with van der Waals surface area (Å²) in [6.07, 6.45) is 14.4. The molecule has 2 saturated carbocycles. The topological polar surface area (TPSA) is 86.7 Å². The predicted molar refractivity (Wildman–Crippen MR) is 139 cm³/mol. The first-order valence-corrected chi connectivity index (χ1v) is 14.3. The van der Waals surface area contributed by atoms with E-state index in [1.807, 2.05) is 11.0 Å². The average molecular weight is 499 g/mol. The van der Waals surface area contributed by atoms with Crippen LogP contribution in [-0.2, 0) is 9.59 Å². The third kappa shape index (κ3) is 5.07. The normalized spacial score (nSPS) is 31.2. The average Bonchev–Trinajstić information content (AvgIpc) is 3.46. The van der Waals surface area contributed by atoms with Crippen LogP contribution in [0.4, 0.5) is 5.69 Å². The van der Waals surface area contributed by atoms with Crippen molar-refractivity contribution in [3.05, 3.63) is 21.9 Å². The van der Waals surface area contributed by atoms with E-state index in [0.717, 1.165) is 82.1 Å². The summed E-state index contributed by atoms with van der Waals surface area (Å²) in [6.45, 7) is 2.98. The molecule has 4 aliphatic rings. The second-order valence-electron chi connectivity index (χ2n) is 11.5. The Morgan fingerprint density at radius 1 is 1.11 bits per heavy atom. The van der Waals surface area contributed by atoms with E-state index >= 15 is 0 Å². The fraction of sp³-hybridized carbons (Fsp3) is 0.679. The molecule has 2 N–H and O–H groups in total. The van der Waals surface area contributed by atoms with Gasteiger partial charge in [0.1, 0.15) is 4.88 Å². The van der Waals surface area contributed by atoms with Crippen LogP contribution >= 0.6 is 11.3 Å². The predicted octanol–water partition coefficient (Wildman–Crippen LogP) is 6.01. The van der Waals surface area contributed by atoms with E-state index in [1.165, 1.54) is 23.3 Å². The first-order chi connectivity index (χ1) is 16.8. The van der Waals surface area contributed by atoms with E-state index in [4.69, 9.17) is 0 Å². The van der Waals surface area contributed by atoms with E-state index in [2.05, 4.69) is 18.3 Å². The highest BCUT2D eigenvalue weighted by atomic mass is 32.1. The van der Waals surface area contributed by atoms with Gasteiger partial charge in [-0.2, -0.15) is 0 Å². The van der Waals surface area contributed by atoms with Gasteiger partial charge in [-0.1, -0.05) is 13.0 Å². The third-order valence-electron chi connectivity index (χ3n) is 8.95. The number of carboxylic acid groups (broad SMARTS) is 1. The summed E-state index contributed by atoms with van der Waals surface area (Å²) in [5.41, 5.74) is 1.84. The van der Waals surface area contributed by atoms with Crippen LogP contribution in [0.2, 0.25) is 0 Å². The molecule has 0 radical (unpaired) electrons. The highest BCUT2D eigenvalue weighted by Gasteiger charge is 2.44. The molecule has 7 heteroatoms. The van der Waals surface area contributed by atoms with E-state index in [-0.39, 0.29) is 29.2 Å². The van der Waals surface area contributed by atoms with E-state index in [1.54, 1.807) is 0 Å². The molecule has 190 valence electrons. The molecule has 1 aromatic rings. The number of thiophene rings is 1. The zero-order valence-corrected chi connectivity index (χ0v) is 21.6. The SMILES string of the molecule is CC1CCC(C(=O)N(c2cc(C3=CCCCC3)sc2C(=O)O)C2CCC3(CC2)CNC(=O)C3)CC1. The van der Waals surface area contributed by atoms with Crippen molar-refractivity contribution in [3.63, 3.8) is 0 Å². The van der Waals surface area contributed by atoms with Gasteiger partial charge in [-0.25, -0.2) is 4.79 Å². The molecular weight excluding hydrogens is 460 g/mol. The Hall–Kier alpha value is -2.15. The zero-order chi connectivity index (χ0) is 24.6. The van der Waals surface area contributed by atoms with Crippen molar-refractivity contribution in [2.75, 3.05) is 11.4 Å². The van der Waals surface area contributed by atoms with Gasteiger partial charge in [0.25, 0.3) is 0 Å². The molecule has 35 heavy (non-hydrogen) atoms. The van der Waals surface area contributed by atoms with Gasteiger partial charge in [0.2, 0.25) is 11.8 Å². The van der Waals surface area contributed by atoms with Crippen LogP contribution in [0.5, 0.6) is 0 Å². The van der Waals surface area contributed by atoms with Crippen LogP contribution in [0.15, 0.2) is 12.1 Å². The molecule has 1 saturated heterocycles. The fourth-order valence-electron chi connectivity index (χ4n) is 6.71. The summed E-state index contributed by atoms with van der Waals surface area (Å²) >= 11 is 1.33. The Balaban J connectivity index is 1.47. The van der Waals surface area contributed by atoms with Gasteiger partial charge in [0.05, 0.1) is 5.69 Å². The maximum absolute atomic E-state index is 14.1. The standard InChI is InChI=1S/C28H38N2O4S/c1-18-7-9-20(10-8-18)26(32)30(21-11-13-28(14-12-21)16-24(31)29-17-28)22-15-23(35-25(22)27(33)34)19-5-3-2-4-6-19/h5,15,18,20-21H,2-4,6-14,16-17H2,1H3,(H,29,31)(H,33,34). The van der Waals surface area contributed by atoms with Crippen molar-refractivity contribution in [1.82, 2.24) is 5.32 Å². The van der Waals surface area contributed by atoms with Gasteiger partial charge in [0.15, 0.2) is 0 Å². The molecule has 0 unspecified atom stereocenters. The number of nitrogens with one attached hydrogen (secondary N) is 1. The molecule has 0 atom stereocenters. The fourth-order valence-corrected chi connectivity index (χ4v) is 7.77. The molecule has 3 fully saturated rings. The highest BCUT2D eigenvalue weighted by molar-refractivity contribution is 7.15. The van der Waals surface area contributed by atoms with Gasteiger partial charge >= 0.3 is 5.97 Å². The van der Waals surface area contributed by atoms with Crippen LogP contribution in [0.25, 0.3) is 5.57 Å². The van der Waals surface area contributed by atoms with Crippen LogP contribution < -0.4 is 10.2 Å². The molecule has 2 amide bonds. The summed E-state index contributed by atoms with van der Waals surface area (Å²) in [5.74, 6) is -0.0849. The zero-order valence-electron chi connectivity index (χ0n) is 20.8. The molecule has 5 rings (SSSR count). The van der Waals surface area contributed by atoms with Gasteiger partial charge in [-0.05, 0) is 100 Å². The number of anilines is 1. The Morgan fingerprint density at radius 3 is 2.46 bits per heavy atom.